The van der Waals surface area contributed by atoms with Gasteiger partial charge in [-0.05, 0) is 54.3 Å². The van der Waals surface area contributed by atoms with Gasteiger partial charge in [-0.3, -0.25) is 4.79 Å². The van der Waals surface area contributed by atoms with Crippen LogP contribution in [0.1, 0.15) is 24.0 Å². The van der Waals surface area contributed by atoms with Crippen molar-refractivity contribution >= 4 is 12.0 Å². The van der Waals surface area contributed by atoms with Gasteiger partial charge in [-0.1, -0.05) is 18.2 Å². The van der Waals surface area contributed by atoms with Crippen LogP contribution in [0.15, 0.2) is 48.5 Å². The summed E-state index contributed by atoms with van der Waals surface area (Å²) in [7, 11) is 1.57. The Kier molecular flexibility index (Phi) is 5.89. The first-order valence-corrected chi connectivity index (χ1v) is 8.68. The van der Waals surface area contributed by atoms with Crippen molar-refractivity contribution in [1.29, 1.82) is 0 Å². The molecule has 26 heavy (non-hydrogen) atoms. The zero-order valence-corrected chi connectivity index (χ0v) is 14.8. The second-order valence-corrected chi connectivity index (χ2v) is 6.19. The first-order valence-electron chi connectivity index (χ1n) is 8.68. The molecule has 5 heteroatoms. The van der Waals surface area contributed by atoms with Crippen LogP contribution >= 0.6 is 0 Å². The molecule has 0 atom stereocenters. The van der Waals surface area contributed by atoms with Gasteiger partial charge < -0.3 is 14.4 Å². The maximum Gasteiger partial charge on any atom is 0.246 e. The number of halogens is 1. The monoisotopic (exact) mass is 355 g/mol. The van der Waals surface area contributed by atoms with Crippen LogP contribution < -0.4 is 9.47 Å². The SMILES string of the molecule is COc1cc(/C=C/C(=O)N2CCCC2)ccc1OCc1ccc(F)cc1. The minimum atomic E-state index is -0.272. The summed E-state index contributed by atoms with van der Waals surface area (Å²) < 4.78 is 24.1. The normalized spacial score (nSPS) is 14.0. The summed E-state index contributed by atoms with van der Waals surface area (Å²) in [6.45, 7) is 1.99. The Balaban J connectivity index is 1.64. The van der Waals surface area contributed by atoms with Gasteiger partial charge in [0.25, 0.3) is 0 Å². The van der Waals surface area contributed by atoms with Gasteiger partial charge >= 0.3 is 0 Å². The zero-order valence-electron chi connectivity index (χ0n) is 14.8. The number of likely N-dealkylation sites (tertiary alicyclic amines) is 1. The van der Waals surface area contributed by atoms with Crippen LogP contribution in [0, 0.1) is 5.82 Å². The highest BCUT2D eigenvalue weighted by Gasteiger charge is 2.15. The van der Waals surface area contributed by atoms with E-state index in [0.717, 1.165) is 37.1 Å². The number of ether oxygens (including phenoxy) is 2. The number of hydrogen-bond acceptors (Lipinski definition) is 3. The van der Waals surface area contributed by atoms with Gasteiger partial charge in [0.1, 0.15) is 12.4 Å². The molecule has 3 rings (SSSR count). The Morgan fingerprint density at radius 1 is 1.12 bits per heavy atom. The van der Waals surface area contributed by atoms with E-state index >= 15 is 0 Å². The molecule has 2 aromatic carbocycles. The molecule has 2 aromatic rings. The summed E-state index contributed by atoms with van der Waals surface area (Å²) >= 11 is 0. The van der Waals surface area contributed by atoms with Crippen molar-refractivity contribution in [2.75, 3.05) is 20.2 Å². The van der Waals surface area contributed by atoms with Crippen LogP contribution in [0.4, 0.5) is 4.39 Å². The van der Waals surface area contributed by atoms with E-state index in [2.05, 4.69) is 0 Å². The third-order valence-electron chi connectivity index (χ3n) is 4.33. The molecule has 0 bridgehead atoms. The Hall–Kier alpha value is -2.82. The average Bonchev–Trinajstić information content (AvgIpc) is 3.21. The quantitative estimate of drug-likeness (QED) is 0.734. The fraction of sp³-hybridized carbons (Fsp3) is 0.286. The van der Waals surface area contributed by atoms with Crippen molar-refractivity contribution in [1.82, 2.24) is 4.90 Å². The standard InChI is InChI=1S/C21H22FNO3/c1-25-20-14-16(7-11-21(24)23-12-2-3-13-23)6-10-19(20)26-15-17-4-8-18(22)9-5-17/h4-11,14H,2-3,12-13,15H2,1H3/b11-7+. The fourth-order valence-electron chi connectivity index (χ4n) is 2.86. The number of rotatable bonds is 6. The number of carbonyl (C=O) groups excluding carboxylic acids is 1. The van der Waals surface area contributed by atoms with Gasteiger partial charge in [0.2, 0.25) is 5.91 Å². The zero-order chi connectivity index (χ0) is 18.4. The lowest BCUT2D eigenvalue weighted by molar-refractivity contribution is -0.124. The molecule has 1 heterocycles. The van der Waals surface area contributed by atoms with Crippen molar-refractivity contribution in [3.05, 3.63) is 65.5 Å². The first kappa shape index (κ1) is 18.0. The smallest absolute Gasteiger partial charge is 0.246 e. The molecule has 0 unspecified atom stereocenters. The molecule has 1 aliphatic heterocycles. The van der Waals surface area contributed by atoms with Crippen LogP contribution in [0.2, 0.25) is 0 Å². The molecule has 0 N–H and O–H groups in total. The second kappa shape index (κ2) is 8.52. The average molecular weight is 355 g/mol. The predicted octanol–water partition coefficient (Wildman–Crippen LogP) is 4.05. The van der Waals surface area contributed by atoms with Gasteiger partial charge in [-0.15, -0.1) is 0 Å². The summed E-state index contributed by atoms with van der Waals surface area (Å²) in [5, 5.41) is 0. The van der Waals surface area contributed by atoms with E-state index in [4.69, 9.17) is 9.47 Å². The van der Waals surface area contributed by atoms with Gasteiger partial charge in [0, 0.05) is 19.2 Å². The Labute approximate surface area is 152 Å². The Morgan fingerprint density at radius 2 is 1.85 bits per heavy atom. The minimum absolute atomic E-state index is 0.0399. The summed E-state index contributed by atoms with van der Waals surface area (Å²) in [4.78, 5) is 13.9. The lowest BCUT2D eigenvalue weighted by atomic mass is 10.2. The molecule has 0 saturated carbocycles. The Morgan fingerprint density at radius 3 is 2.54 bits per heavy atom. The summed E-state index contributed by atoms with van der Waals surface area (Å²) in [5.74, 6) is 0.951. The van der Waals surface area contributed by atoms with Crippen LogP contribution in [-0.2, 0) is 11.4 Å². The fourth-order valence-corrected chi connectivity index (χ4v) is 2.86. The van der Waals surface area contributed by atoms with E-state index < -0.39 is 0 Å². The van der Waals surface area contributed by atoms with Crippen LogP contribution in [0.25, 0.3) is 6.08 Å². The van der Waals surface area contributed by atoms with Crippen molar-refractivity contribution in [3.63, 3.8) is 0 Å². The van der Waals surface area contributed by atoms with E-state index in [-0.39, 0.29) is 11.7 Å². The maximum atomic E-state index is 12.9. The highest BCUT2D eigenvalue weighted by atomic mass is 19.1. The first-order chi connectivity index (χ1) is 12.7. The molecule has 0 aliphatic carbocycles. The Bertz CT molecular complexity index is 780. The molecule has 0 aromatic heterocycles. The minimum Gasteiger partial charge on any atom is -0.493 e. The molecule has 1 saturated heterocycles. The second-order valence-electron chi connectivity index (χ2n) is 6.19. The van der Waals surface area contributed by atoms with Crippen LogP contribution in [-0.4, -0.2) is 31.0 Å². The molecule has 136 valence electrons. The van der Waals surface area contributed by atoms with Gasteiger partial charge in [-0.25, -0.2) is 4.39 Å². The molecule has 1 amide bonds. The highest BCUT2D eigenvalue weighted by molar-refractivity contribution is 5.92. The van der Waals surface area contributed by atoms with E-state index in [1.54, 1.807) is 31.4 Å². The van der Waals surface area contributed by atoms with E-state index in [1.165, 1.54) is 12.1 Å². The van der Waals surface area contributed by atoms with Crippen molar-refractivity contribution in [2.45, 2.75) is 19.4 Å². The van der Waals surface area contributed by atoms with Crippen LogP contribution in [0.5, 0.6) is 11.5 Å². The third-order valence-corrected chi connectivity index (χ3v) is 4.33. The largest absolute Gasteiger partial charge is 0.493 e. The lowest BCUT2D eigenvalue weighted by Crippen LogP contribution is -2.25. The molecule has 4 nitrogen and oxygen atoms in total. The van der Waals surface area contributed by atoms with Crippen molar-refractivity contribution in [3.8, 4) is 11.5 Å². The topological polar surface area (TPSA) is 38.8 Å². The van der Waals surface area contributed by atoms with Gasteiger partial charge in [0.05, 0.1) is 7.11 Å². The number of carbonyl (C=O) groups is 1. The highest BCUT2D eigenvalue weighted by Crippen LogP contribution is 2.29. The molecule has 0 radical (unpaired) electrons. The molecule has 0 spiro atoms. The number of hydrogen-bond donors (Lipinski definition) is 0. The van der Waals surface area contributed by atoms with Crippen molar-refractivity contribution in [2.24, 2.45) is 0 Å². The predicted molar refractivity (Wildman–Crippen MR) is 98.6 cm³/mol. The van der Waals surface area contributed by atoms with Crippen LogP contribution in [0.3, 0.4) is 0 Å². The van der Waals surface area contributed by atoms with E-state index in [1.807, 2.05) is 23.1 Å². The summed E-state index contributed by atoms with van der Waals surface area (Å²) in [6.07, 6.45) is 5.53. The molecular weight excluding hydrogens is 333 g/mol. The van der Waals surface area contributed by atoms with Gasteiger partial charge in [0.15, 0.2) is 11.5 Å². The molecular formula is C21H22FNO3. The lowest BCUT2D eigenvalue weighted by Gasteiger charge is -2.12. The number of methoxy groups -OCH3 is 1. The van der Waals surface area contributed by atoms with Gasteiger partial charge in [-0.2, -0.15) is 0 Å². The number of nitrogens with zero attached hydrogens (tertiary/aromatic N) is 1. The van der Waals surface area contributed by atoms with E-state index in [9.17, 15) is 9.18 Å². The molecule has 1 aliphatic rings. The molecule has 1 fully saturated rings. The van der Waals surface area contributed by atoms with E-state index in [0.29, 0.717) is 18.1 Å². The van der Waals surface area contributed by atoms with Crippen molar-refractivity contribution < 1.29 is 18.7 Å². The summed E-state index contributed by atoms with van der Waals surface area (Å²) in [5.41, 5.74) is 1.73. The maximum absolute atomic E-state index is 12.9. The number of amides is 1. The number of benzene rings is 2. The third kappa shape index (κ3) is 4.63. The summed E-state index contributed by atoms with van der Waals surface area (Å²) in [6, 6.07) is 11.7.